The number of nitrogens with zero attached hydrogens (tertiary/aromatic N) is 4. The van der Waals surface area contributed by atoms with Gasteiger partial charge in [-0.05, 0) is 31.9 Å². The van der Waals surface area contributed by atoms with Gasteiger partial charge in [-0.2, -0.15) is 0 Å². The smallest absolute Gasteiger partial charge is 0.409 e. The van der Waals surface area contributed by atoms with Crippen molar-refractivity contribution in [2.24, 2.45) is 0 Å². The highest BCUT2D eigenvalue weighted by Gasteiger charge is 2.26. The van der Waals surface area contributed by atoms with Crippen molar-refractivity contribution in [3.8, 4) is 5.69 Å². The average molecular weight is 378 g/mol. The molecule has 1 aliphatic rings. The fourth-order valence-electron chi connectivity index (χ4n) is 2.92. The Bertz CT molecular complexity index is 814. The third-order valence-electron chi connectivity index (χ3n) is 4.32. The van der Waals surface area contributed by atoms with E-state index in [1.54, 1.807) is 22.6 Å². The molecule has 0 spiro atoms. The number of benzene rings is 1. The summed E-state index contributed by atoms with van der Waals surface area (Å²) in [5.41, 5.74) is 0.671. The number of hydrogen-bond acceptors (Lipinski definition) is 5. The first-order valence-electron chi connectivity index (χ1n) is 8.32. The summed E-state index contributed by atoms with van der Waals surface area (Å²) in [6, 6.07) is 7.21. The molecule has 138 valence electrons. The number of likely N-dealkylation sites (tertiary alicyclic amines) is 1. The van der Waals surface area contributed by atoms with Crippen LogP contribution in [-0.4, -0.2) is 57.9 Å². The Labute approximate surface area is 156 Å². The maximum atomic E-state index is 12.5. The number of carbonyl (C=O) groups is 2. The highest BCUT2D eigenvalue weighted by atomic mass is 35.5. The van der Waals surface area contributed by atoms with E-state index < -0.39 is 0 Å². The molecule has 1 aromatic carbocycles. The Balaban J connectivity index is 1.66. The summed E-state index contributed by atoms with van der Waals surface area (Å²) >= 11 is 6.19. The van der Waals surface area contributed by atoms with Crippen LogP contribution in [0.25, 0.3) is 5.69 Å². The molecule has 2 heterocycles. The zero-order valence-electron chi connectivity index (χ0n) is 14.6. The molecule has 1 fully saturated rings. The second kappa shape index (κ2) is 7.74. The Morgan fingerprint density at radius 1 is 1.27 bits per heavy atom. The highest BCUT2D eigenvalue weighted by molar-refractivity contribution is 6.32. The van der Waals surface area contributed by atoms with Crippen molar-refractivity contribution in [2.75, 3.05) is 20.2 Å². The van der Waals surface area contributed by atoms with Crippen LogP contribution in [0.15, 0.2) is 24.3 Å². The second-order valence-corrected chi connectivity index (χ2v) is 6.46. The zero-order valence-corrected chi connectivity index (χ0v) is 15.4. The molecule has 3 rings (SSSR count). The lowest BCUT2D eigenvalue weighted by Gasteiger charge is -2.31. The van der Waals surface area contributed by atoms with Gasteiger partial charge in [0.05, 0.1) is 17.8 Å². The van der Waals surface area contributed by atoms with Crippen molar-refractivity contribution in [3.05, 3.63) is 40.9 Å². The van der Waals surface area contributed by atoms with E-state index in [2.05, 4.69) is 15.4 Å². The minimum atomic E-state index is -0.342. The first-order valence-corrected chi connectivity index (χ1v) is 8.69. The number of carbonyl (C=O) groups excluding carboxylic acids is 2. The lowest BCUT2D eigenvalue weighted by atomic mass is 10.1. The third kappa shape index (κ3) is 3.80. The Kier molecular flexibility index (Phi) is 5.41. The Hall–Kier alpha value is -2.61. The number of ether oxygens (including phenoxy) is 1. The number of rotatable bonds is 3. The van der Waals surface area contributed by atoms with Crippen LogP contribution in [0.2, 0.25) is 5.02 Å². The number of aromatic nitrogens is 3. The molecule has 1 saturated heterocycles. The first-order chi connectivity index (χ1) is 12.5. The van der Waals surface area contributed by atoms with E-state index in [0.29, 0.717) is 42.5 Å². The van der Waals surface area contributed by atoms with E-state index in [9.17, 15) is 9.59 Å². The van der Waals surface area contributed by atoms with Gasteiger partial charge in [0.15, 0.2) is 0 Å². The van der Waals surface area contributed by atoms with E-state index >= 15 is 0 Å². The minimum Gasteiger partial charge on any atom is -0.453 e. The Morgan fingerprint density at radius 2 is 1.96 bits per heavy atom. The molecule has 0 aliphatic carbocycles. The van der Waals surface area contributed by atoms with Gasteiger partial charge in [0.1, 0.15) is 5.82 Å². The van der Waals surface area contributed by atoms with Gasteiger partial charge in [0.2, 0.25) is 5.82 Å². The monoisotopic (exact) mass is 377 g/mol. The predicted octanol–water partition coefficient (Wildman–Crippen LogP) is 2.19. The summed E-state index contributed by atoms with van der Waals surface area (Å²) in [5.74, 6) is 0.331. The van der Waals surface area contributed by atoms with Crippen molar-refractivity contribution in [1.29, 1.82) is 0 Å². The van der Waals surface area contributed by atoms with Gasteiger partial charge >= 0.3 is 6.09 Å². The molecular weight excluding hydrogens is 358 g/mol. The van der Waals surface area contributed by atoms with Gasteiger partial charge < -0.3 is 15.0 Å². The van der Waals surface area contributed by atoms with Crippen molar-refractivity contribution < 1.29 is 14.3 Å². The van der Waals surface area contributed by atoms with Gasteiger partial charge in [-0.15, -0.1) is 5.10 Å². The van der Waals surface area contributed by atoms with Crippen LogP contribution in [0.4, 0.5) is 4.79 Å². The van der Waals surface area contributed by atoms with Crippen LogP contribution in [0.3, 0.4) is 0 Å². The summed E-state index contributed by atoms with van der Waals surface area (Å²) < 4.78 is 6.26. The van der Waals surface area contributed by atoms with Crippen LogP contribution in [0, 0.1) is 6.92 Å². The number of halogens is 1. The normalized spacial score (nSPS) is 15.0. The third-order valence-corrected chi connectivity index (χ3v) is 4.64. The molecule has 26 heavy (non-hydrogen) atoms. The van der Waals surface area contributed by atoms with Crippen LogP contribution >= 0.6 is 11.6 Å². The number of amides is 2. The van der Waals surface area contributed by atoms with Crippen LogP contribution < -0.4 is 5.32 Å². The van der Waals surface area contributed by atoms with E-state index in [4.69, 9.17) is 16.3 Å². The molecule has 8 nitrogen and oxygen atoms in total. The number of nitrogens with one attached hydrogen (secondary N) is 1. The molecule has 0 radical (unpaired) electrons. The molecule has 1 aromatic heterocycles. The molecule has 1 aliphatic heterocycles. The summed E-state index contributed by atoms with van der Waals surface area (Å²) in [6.07, 6.45) is 0.973. The molecule has 0 atom stereocenters. The molecule has 2 aromatic rings. The second-order valence-electron chi connectivity index (χ2n) is 6.05. The summed E-state index contributed by atoms with van der Waals surface area (Å²) in [5, 5.41) is 7.75. The fourth-order valence-corrected chi connectivity index (χ4v) is 3.14. The molecule has 9 heteroatoms. The maximum Gasteiger partial charge on any atom is 0.409 e. The van der Waals surface area contributed by atoms with Crippen molar-refractivity contribution >= 4 is 23.6 Å². The van der Waals surface area contributed by atoms with Crippen molar-refractivity contribution in [1.82, 2.24) is 25.0 Å². The standard InChI is InChI=1S/C17H20ClN5O3/c1-11-19-15(21-23(11)14-6-4-3-5-13(14)18)16(24)20-12-7-9-22(10-8-12)17(25)26-2/h3-6,12H,7-10H2,1-2H3,(H,20,24). The average Bonchev–Trinajstić information content (AvgIpc) is 3.04. The largest absolute Gasteiger partial charge is 0.453 e. The lowest BCUT2D eigenvalue weighted by molar-refractivity contribution is 0.0883. The topological polar surface area (TPSA) is 89.4 Å². The van der Waals surface area contributed by atoms with Gasteiger partial charge in [0, 0.05) is 19.1 Å². The van der Waals surface area contributed by atoms with Crippen LogP contribution in [0.5, 0.6) is 0 Å². The van der Waals surface area contributed by atoms with Gasteiger partial charge in [-0.3, -0.25) is 4.79 Å². The number of aryl methyl sites for hydroxylation is 1. The maximum absolute atomic E-state index is 12.5. The lowest BCUT2D eigenvalue weighted by Crippen LogP contribution is -2.46. The molecule has 0 unspecified atom stereocenters. The first kappa shape index (κ1) is 18.2. The van der Waals surface area contributed by atoms with Gasteiger partial charge in [0.25, 0.3) is 5.91 Å². The van der Waals surface area contributed by atoms with Crippen molar-refractivity contribution in [3.63, 3.8) is 0 Å². The number of piperidine rings is 1. The molecule has 0 saturated carbocycles. The van der Waals surface area contributed by atoms with Crippen LogP contribution in [-0.2, 0) is 4.74 Å². The zero-order chi connectivity index (χ0) is 18.7. The Morgan fingerprint density at radius 3 is 2.62 bits per heavy atom. The quantitative estimate of drug-likeness (QED) is 0.885. The highest BCUT2D eigenvalue weighted by Crippen LogP contribution is 2.20. The van der Waals surface area contributed by atoms with Gasteiger partial charge in [-0.25, -0.2) is 14.5 Å². The molecular formula is C17H20ClN5O3. The fraction of sp³-hybridized carbons (Fsp3) is 0.412. The minimum absolute atomic E-state index is 0.0315. The number of para-hydroxylation sites is 1. The van der Waals surface area contributed by atoms with E-state index in [1.807, 2.05) is 18.2 Å². The van der Waals surface area contributed by atoms with Crippen LogP contribution in [0.1, 0.15) is 29.3 Å². The summed E-state index contributed by atoms with van der Waals surface area (Å²) in [6.45, 7) is 2.85. The number of methoxy groups -OCH3 is 1. The van der Waals surface area contributed by atoms with E-state index in [1.165, 1.54) is 7.11 Å². The van der Waals surface area contributed by atoms with Crippen molar-refractivity contribution in [2.45, 2.75) is 25.8 Å². The molecule has 0 bridgehead atoms. The van der Waals surface area contributed by atoms with E-state index in [0.717, 1.165) is 0 Å². The van der Waals surface area contributed by atoms with E-state index in [-0.39, 0.29) is 23.9 Å². The number of hydrogen-bond donors (Lipinski definition) is 1. The van der Waals surface area contributed by atoms with Gasteiger partial charge in [-0.1, -0.05) is 23.7 Å². The molecule has 2 amide bonds. The summed E-state index contributed by atoms with van der Waals surface area (Å²) in [7, 11) is 1.36. The predicted molar refractivity (Wildman–Crippen MR) is 95.6 cm³/mol. The SMILES string of the molecule is COC(=O)N1CCC(NC(=O)c2nc(C)n(-c3ccccc3Cl)n2)CC1. The summed E-state index contributed by atoms with van der Waals surface area (Å²) in [4.78, 5) is 29.8. The molecule has 1 N–H and O–H groups in total.